The minimum absolute atomic E-state index is 0.00217. The normalized spacial score (nSPS) is 16.0. The summed E-state index contributed by atoms with van der Waals surface area (Å²) in [7, 11) is 0. The van der Waals surface area contributed by atoms with Crippen LogP contribution in [0.4, 0.5) is 0 Å². The Kier molecular flexibility index (Phi) is 5.45. The average Bonchev–Trinajstić information content (AvgIpc) is 3.15. The zero-order valence-electron chi connectivity index (χ0n) is 14.6. The van der Waals surface area contributed by atoms with E-state index in [-0.39, 0.29) is 17.7 Å². The fourth-order valence-electron chi connectivity index (χ4n) is 3.40. The molecule has 0 saturated carbocycles. The van der Waals surface area contributed by atoms with E-state index >= 15 is 0 Å². The fourth-order valence-corrected chi connectivity index (χ4v) is 4.32. The number of carbonyl (C=O) groups is 1. The highest BCUT2D eigenvalue weighted by molar-refractivity contribution is 7.99. The molecule has 1 N–H and O–H groups in total. The van der Waals surface area contributed by atoms with Crippen LogP contribution in [0.25, 0.3) is 5.69 Å². The molecule has 1 atom stereocenters. The van der Waals surface area contributed by atoms with Crippen LogP contribution in [0.5, 0.6) is 0 Å². The number of amides is 1. The van der Waals surface area contributed by atoms with Crippen molar-refractivity contribution in [2.75, 3.05) is 5.75 Å². The second-order valence-corrected chi connectivity index (χ2v) is 7.84. The highest BCUT2D eigenvalue weighted by Gasteiger charge is 2.21. The summed E-state index contributed by atoms with van der Waals surface area (Å²) in [5.74, 6) is 0.292. The molecule has 1 unspecified atom stereocenters. The van der Waals surface area contributed by atoms with Crippen molar-refractivity contribution in [2.24, 2.45) is 0 Å². The Labute approximate surface area is 167 Å². The van der Waals surface area contributed by atoms with Crippen molar-refractivity contribution in [3.63, 3.8) is 0 Å². The maximum Gasteiger partial charge on any atom is 0.230 e. The van der Waals surface area contributed by atoms with Gasteiger partial charge in [-0.2, -0.15) is 0 Å². The quantitative estimate of drug-likeness (QED) is 0.654. The zero-order chi connectivity index (χ0) is 18.6. The van der Waals surface area contributed by atoms with Gasteiger partial charge in [0.1, 0.15) is 6.33 Å². The van der Waals surface area contributed by atoms with Crippen LogP contribution in [0, 0.1) is 0 Å². The van der Waals surface area contributed by atoms with Gasteiger partial charge in [0.05, 0.1) is 17.5 Å². The number of carbonyl (C=O) groups excluding carboxylic acids is 1. The largest absolute Gasteiger partial charge is 0.349 e. The predicted octanol–water partition coefficient (Wildman–Crippen LogP) is 4.21. The van der Waals surface area contributed by atoms with Crippen molar-refractivity contribution in [1.29, 1.82) is 0 Å². The number of nitrogens with one attached hydrogen (secondary N) is 1. The maximum absolute atomic E-state index is 12.5. The molecule has 0 bridgehead atoms. The van der Waals surface area contributed by atoms with Crippen molar-refractivity contribution in [2.45, 2.75) is 30.5 Å². The van der Waals surface area contributed by atoms with Crippen LogP contribution in [0.2, 0.25) is 5.02 Å². The Balaban J connectivity index is 1.41. The number of thioether (sulfide) groups is 1. The van der Waals surface area contributed by atoms with E-state index in [1.54, 1.807) is 6.33 Å². The molecular formula is C20H19ClN4OS. The lowest BCUT2D eigenvalue weighted by Gasteiger charge is -2.26. The summed E-state index contributed by atoms with van der Waals surface area (Å²) >= 11 is 7.43. The van der Waals surface area contributed by atoms with Crippen LogP contribution in [-0.2, 0) is 11.2 Å². The number of hydrogen-bond donors (Lipinski definition) is 1. The zero-order valence-corrected chi connectivity index (χ0v) is 16.2. The lowest BCUT2D eigenvalue weighted by molar-refractivity contribution is -0.119. The molecule has 0 fully saturated rings. The number of aromatic nitrogens is 3. The third-order valence-electron chi connectivity index (χ3n) is 4.64. The molecule has 1 heterocycles. The van der Waals surface area contributed by atoms with E-state index in [4.69, 9.17) is 11.6 Å². The van der Waals surface area contributed by atoms with Crippen molar-refractivity contribution < 1.29 is 4.79 Å². The van der Waals surface area contributed by atoms with E-state index in [9.17, 15) is 4.79 Å². The van der Waals surface area contributed by atoms with Gasteiger partial charge in [0, 0.05) is 5.02 Å². The van der Waals surface area contributed by atoms with Gasteiger partial charge in [-0.1, -0.05) is 53.7 Å². The summed E-state index contributed by atoms with van der Waals surface area (Å²) in [5, 5.41) is 12.6. The summed E-state index contributed by atoms with van der Waals surface area (Å²) in [4.78, 5) is 12.5. The summed E-state index contributed by atoms with van der Waals surface area (Å²) in [6, 6.07) is 15.9. The number of hydrogen-bond acceptors (Lipinski definition) is 4. The number of nitrogens with zero attached hydrogens (tertiary/aromatic N) is 3. The molecule has 7 heteroatoms. The highest BCUT2D eigenvalue weighted by atomic mass is 35.5. The lowest BCUT2D eigenvalue weighted by Crippen LogP contribution is -2.32. The first-order valence-electron chi connectivity index (χ1n) is 8.86. The lowest BCUT2D eigenvalue weighted by atomic mass is 9.88. The van der Waals surface area contributed by atoms with Gasteiger partial charge in [-0.3, -0.25) is 9.36 Å². The molecule has 1 aliphatic carbocycles. The van der Waals surface area contributed by atoms with Gasteiger partial charge in [0.25, 0.3) is 0 Å². The first kappa shape index (κ1) is 18.1. The van der Waals surface area contributed by atoms with Gasteiger partial charge in [-0.05, 0) is 48.6 Å². The Morgan fingerprint density at radius 2 is 2.15 bits per heavy atom. The molecule has 0 saturated heterocycles. The van der Waals surface area contributed by atoms with Crippen LogP contribution >= 0.6 is 23.4 Å². The minimum Gasteiger partial charge on any atom is -0.349 e. The second kappa shape index (κ2) is 8.15. The topological polar surface area (TPSA) is 59.8 Å². The number of aryl methyl sites for hydroxylation is 1. The summed E-state index contributed by atoms with van der Waals surface area (Å²) in [6.45, 7) is 0. The van der Waals surface area contributed by atoms with Crippen molar-refractivity contribution in [3.8, 4) is 5.69 Å². The smallest absolute Gasteiger partial charge is 0.230 e. The van der Waals surface area contributed by atoms with E-state index < -0.39 is 0 Å². The molecular weight excluding hydrogens is 380 g/mol. The number of fused-ring (bicyclic) bond motifs is 1. The number of halogens is 1. The number of rotatable bonds is 5. The van der Waals surface area contributed by atoms with E-state index in [2.05, 4.69) is 33.7 Å². The van der Waals surface area contributed by atoms with Gasteiger partial charge < -0.3 is 5.32 Å². The Morgan fingerprint density at radius 1 is 1.26 bits per heavy atom. The van der Waals surface area contributed by atoms with Gasteiger partial charge in [-0.25, -0.2) is 0 Å². The molecule has 1 aromatic heterocycles. The summed E-state index contributed by atoms with van der Waals surface area (Å²) < 4.78 is 1.83. The SMILES string of the molecule is O=C(CSc1nncn1-c1cccc(Cl)c1)NC1CCCc2ccccc21. The summed E-state index contributed by atoms with van der Waals surface area (Å²) in [6.07, 6.45) is 4.79. The van der Waals surface area contributed by atoms with Crippen LogP contribution in [0.15, 0.2) is 60.0 Å². The molecule has 4 rings (SSSR count). The van der Waals surface area contributed by atoms with Gasteiger partial charge >= 0.3 is 0 Å². The Bertz CT molecular complexity index is 958. The third-order valence-corrected chi connectivity index (χ3v) is 5.82. The standard InChI is InChI=1S/C20H19ClN4OS/c21-15-7-4-8-16(11-15)25-13-22-24-20(25)27-12-19(26)23-18-10-3-6-14-5-1-2-9-17(14)18/h1-2,4-5,7-9,11,13,18H,3,6,10,12H2,(H,23,26). The Morgan fingerprint density at radius 3 is 3.04 bits per heavy atom. The molecule has 3 aromatic rings. The molecule has 27 heavy (non-hydrogen) atoms. The van der Waals surface area contributed by atoms with Crippen molar-refractivity contribution >= 4 is 29.3 Å². The Hall–Kier alpha value is -2.31. The molecule has 2 aromatic carbocycles. The molecule has 0 radical (unpaired) electrons. The predicted molar refractivity (Wildman–Crippen MR) is 107 cm³/mol. The van der Waals surface area contributed by atoms with E-state index in [1.807, 2.05) is 34.9 Å². The van der Waals surface area contributed by atoms with Gasteiger partial charge in [-0.15, -0.1) is 10.2 Å². The maximum atomic E-state index is 12.5. The summed E-state index contributed by atoms with van der Waals surface area (Å²) in [5.41, 5.74) is 3.45. The minimum atomic E-state index is 0.00217. The van der Waals surface area contributed by atoms with Crippen molar-refractivity contribution in [3.05, 3.63) is 71.0 Å². The van der Waals surface area contributed by atoms with Crippen LogP contribution in [-0.4, -0.2) is 26.4 Å². The molecule has 138 valence electrons. The van der Waals surface area contributed by atoms with Crippen LogP contribution in [0.1, 0.15) is 30.0 Å². The number of benzene rings is 2. The molecule has 0 spiro atoms. The van der Waals surface area contributed by atoms with Gasteiger partial charge in [0.2, 0.25) is 5.91 Å². The fraction of sp³-hybridized carbons (Fsp3) is 0.250. The van der Waals surface area contributed by atoms with Crippen molar-refractivity contribution in [1.82, 2.24) is 20.1 Å². The van der Waals surface area contributed by atoms with E-state index in [1.165, 1.54) is 22.9 Å². The first-order valence-corrected chi connectivity index (χ1v) is 10.2. The third kappa shape index (κ3) is 4.17. The molecule has 1 aliphatic rings. The van der Waals surface area contributed by atoms with E-state index in [0.29, 0.717) is 10.2 Å². The molecule has 5 nitrogen and oxygen atoms in total. The highest BCUT2D eigenvalue weighted by Crippen LogP contribution is 2.29. The van der Waals surface area contributed by atoms with E-state index in [0.717, 1.165) is 24.9 Å². The average molecular weight is 399 g/mol. The van der Waals surface area contributed by atoms with Crippen LogP contribution < -0.4 is 5.32 Å². The molecule has 1 amide bonds. The second-order valence-electron chi connectivity index (χ2n) is 6.46. The van der Waals surface area contributed by atoms with Gasteiger partial charge in [0.15, 0.2) is 5.16 Å². The molecule has 0 aliphatic heterocycles. The monoisotopic (exact) mass is 398 g/mol. The van der Waals surface area contributed by atoms with Crippen LogP contribution in [0.3, 0.4) is 0 Å². The first-order chi connectivity index (χ1) is 13.2.